The van der Waals surface area contributed by atoms with Gasteiger partial charge in [0.25, 0.3) is 0 Å². The van der Waals surface area contributed by atoms with Crippen molar-refractivity contribution < 1.29 is 9.63 Å². The third-order valence-electron chi connectivity index (χ3n) is 4.15. The average molecular weight is 295 g/mol. The number of aryl methyl sites for hydroxylation is 1. The van der Waals surface area contributed by atoms with E-state index in [-0.39, 0.29) is 12.3 Å². The molecule has 1 atom stereocenters. The van der Waals surface area contributed by atoms with E-state index in [0.29, 0.717) is 6.67 Å². The molecule has 4 rings (SSSR count). The molecular formula is C17H17N3O2. The van der Waals surface area contributed by atoms with Gasteiger partial charge in [-0.1, -0.05) is 41.0 Å². The molecule has 112 valence electrons. The molecule has 0 bridgehead atoms. The molecule has 0 spiro atoms. The molecule has 1 unspecified atom stereocenters. The minimum absolute atomic E-state index is 0.0868. The third-order valence-corrected chi connectivity index (χ3v) is 4.15. The van der Waals surface area contributed by atoms with Crippen molar-refractivity contribution in [1.29, 1.82) is 0 Å². The number of para-hydroxylation sites is 1. The van der Waals surface area contributed by atoms with E-state index in [0.717, 1.165) is 17.9 Å². The number of nitrogens with zero attached hydrogens (tertiary/aromatic N) is 3. The Balaban J connectivity index is 1.59. The lowest BCUT2D eigenvalue weighted by Gasteiger charge is -2.22. The van der Waals surface area contributed by atoms with Gasteiger partial charge >= 0.3 is 6.09 Å². The highest BCUT2D eigenvalue weighted by Crippen LogP contribution is 2.32. The van der Waals surface area contributed by atoms with Crippen LogP contribution in [0.4, 0.5) is 16.2 Å². The number of rotatable bonds is 2. The summed E-state index contributed by atoms with van der Waals surface area (Å²) < 4.78 is 0. The Morgan fingerprint density at radius 3 is 2.45 bits per heavy atom. The maximum absolute atomic E-state index is 12.1. The molecule has 5 nitrogen and oxygen atoms in total. The van der Waals surface area contributed by atoms with Gasteiger partial charge in [0.1, 0.15) is 12.8 Å². The Kier molecular flexibility index (Phi) is 3.01. The lowest BCUT2D eigenvalue weighted by Crippen LogP contribution is -2.38. The number of carbonyl (C=O) groups is 1. The van der Waals surface area contributed by atoms with E-state index in [1.54, 1.807) is 9.96 Å². The van der Waals surface area contributed by atoms with Crippen molar-refractivity contribution >= 4 is 17.5 Å². The average Bonchev–Trinajstić information content (AvgIpc) is 3.05. The van der Waals surface area contributed by atoms with Crippen LogP contribution in [0.25, 0.3) is 0 Å². The number of hydrogen-bond donors (Lipinski definition) is 0. The fourth-order valence-electron chi connectivity index (χ4n) is 2.98. The Bertz CT molecular complexity index is 687. The fraction of sp³-hybridized carbons (Fsp3) is 0.235. The van der Waals surface area contributed by atoms with Crippen molar-refractivity contribution in [2.45, 2.75) is 13.1 Å². The van der Waals surface area contributed by atoms with Gasteiger partial charge in [-0.2, -0.15) is 0 Å². The number of amides is 1. The normalized spacial score (nSPS) is 21.1. The van der Waals surface area contributed by atoms with Crippen molar-refractivity contribution in [3.63, 3.8) is 0 Å². The highest BCUT2D eigenvalue weighted by Gasteiger charge is 2.47. The molecule has 2 aliphatic heterocycles. The minimum atomic E-state index is -0.306. The smallest absolute Gasteiger partial charge is 0.352 e. The van der Waals surface area contributed by atoms with Gasteiger partial charge in [-0.3, -0.25) is 4.90 Å². The summed E-state index contributed by atoms with van der Waals surface area (Å²) >= 11 is 0. The zero-order valence-corrected chi connectivity index (χ0v) is 12.3. The highest BCUT2D eigenvalue weighted by atomic mass is 16.7. The molecule has 0 N–H and O–H groups in total. The van der Waals surface area contributed by atoms with E-state index in [1.165, 1.54) is 5.56 Å². The summed E-state index contributed by atoms with van der Waals surface area (Å²) in [5.74, 6) is 0. The highest BCUT2D eigenvalue weighted by molar-refractivity contribution is 5.90. The Morgan fingerprint density at radius 1 is 1.00 bits per heavy atom. The van der Waals surface area contributed by atoms with E-state index in [9.17, 15) is 4.79 Å². The third kappa shape index (κ3) is 2.10. The second-order valence-electron chi connectivity index (χ2n) is 5.66. The summed E-state index contributed by atoms with van der Waals surface area (Å²) in [4.78, 5) is 21.5. The van der Waals surface area contributed by atoms with Gasteiger partial charge in [-0.25, -0.2) is 4.79 Å². The first kappa shape index (κ1) is 13.2. The number of hydrogen-bond acceptors (Lipinski definition) is 4. The second kappa shape index (κ2) is 5.03. The quantitative estimate of drug-likeness (QED) is 0.853. The molecule has 0 radical (unpaired) electrons. The van der Waals surface area contributed by atoms with Crippen LogP contribution in [0.2, 0.25) is 0 Å². The molecule has 5 heteroatoms. The molecule has 0 aromatic heterocycles. The van der Waals surface area contributed by atoms with Gasteiger partial charge < -0.3 is 9.74 Å². The molecule has 2 aromatic rings. The fourth-order valence-corrected chi connectivity index (χ4v) is 2.98. The first-order valence-corrected chi connectivity index (χ1v) is 7.37. The summed E-state index contributed by atoms with van der Waals surface area (Å²) in [6.07, 6.45) is -0.393. The van der Waals surface area contributed by atoms with Crippen LogP contribution in [-0.2, 0) is 4.84 Å². The predicted molar refractivity (Wildman–Crippen MR) is 84.4 cm³/mol. The van der Waals surface area contributed by atoms with Crippen LogP contribution in [0.1, 0.15) is 5.56 Å². The number of benzene rings is 2. The zero-order chi connectivity index (χ0) is 15.1. The van der Waals surface area contributed by atoms with Gasteiger partial charge in [-0.15, -0.1) is 0 Å². The maximum atomic E-state index is 12.1. The first-order chi connectivity index (χ1) is 10.7. The van der Waals surface area contributed by atoms with Gasteiger partial charge in [0, 0.05) is 11.4 Å². The van der Waals surface area contributed by atoms with E-state index in [4.69, 9.17) is 4.84 Å². The Labute approximate surface area is 129 Å². The summed E-state index contributed by atoms with van der Waals surface area (Å²) in [6.45, 7) is 3.39. The van der Waals surface area contributed by atoms with Crippen molar-refractivity contribution in [2.75, 3.05) is 23.0 Å². The van der Waals surface area contributed by atoms with Crippen LogP contribution >= 0.6 is 0 Å². The van der Waals surface area contributed by atoms with E-state index in [2.05, 4.69) is 36.1 Å². The van der Waals surface area contributed by atoms with Crippen LogP contribution in [-0.4, -0.2) is 30.5 Å². The van der Waals surface area contributed by atoms with Crippen molar-refractivity contribution in [3.8, 4) is 0 Å². The van der Waals surface area contributed by atoms with Crippen LogP contribution < -0.4 is 9.80 Å². The lowest BCUT2D eigenvalue weighted by molar-refractivity contribution is -0.0656. The van der Waals surface area contributed by atoms with Crippen LogP contribution in [0, 0.1) is 6.92 Å². The largest absolute Gasteiger partial charge is 0.435 e. The maximum Gasteiger partial charge on any atom is 0.435 e. The topological polar surface area (TPSA) is 36.0 Å². The van der Waals surface area contributed by atoms with Crippen molar-refractivity contribution in [1.82, 2.24) is 5.06 Å². The molecule has 2 fully saturated rings. The van der Waals surface area contributed by atoms with Crippen LogP contribution in [0.3, 0.4) is 0 Å². The molecular weight excluding hydrogens is 278 g/mol. The van der Waals surface area contributed by atoms with Crippen LogP contribution in [0.15, 0.2) is 54.6 Å². The summed E-state index contributed by atoms with van der Waals surface area (Å²) in [6, 6.07) is 18.1. The molecule has 22 heavy (non-hydrogen) atoms. The van der Waals surface area contributed by atoms with E-state index >= 15 is 0 Å². The van der Waals surface area contributed by atoms with Gasteiger partial charge in [-0.05, 0) is 31.2 Å². The number of carbonyl (C=O) groups excluding carboxylic acids is 1. The first-order valence-electron chi connectivity index (χ1n) is 7.37. The molecule has 1 amide bonds. The van der Waals surface area contributed by atoms with Gasteiger partial charge in [0.15, 0.2) is 0 Å². The Hall–Kier alpha value is -2.53. The van der Waals surface area contributed by atoms with Gasteiger partial charge in [0.2, 0.25) is 0 Å². The summed E-state index contributed by atoms with van der Waals surface area (Å²) in [5.41, 5.74) is 3.25. The molecule has 2 heterocycles. The SMILES string of the molecule is Cc1ccc(N2CC3N(C2)OC(=O)N3c2ccccc2)cc1. The second-order valence-corrected chi connectivity index (χ2v) is 5.66. The Morgan fingerprint density at radius 2 is 1.73 bits per heavy atom. The summed E-state index contributed by atoms with van der Waals surface area (Å²) in [7, 11) is 0. The molecule has 2 aliphatic rings. The number of anilines is 2. The van der Waals surface area contributed by atoms with Crippen LogP contribution in [0.5, 0.6) is 0 Å². The predicted octanol–water partition coefficient (Wildman–Crippen LogP) is 2.97. The number of fused-ring (bicyclic) bond motifs is 1. The summed E-state index contributed by atoms with van der Waals surface area (Å²) in [5, 5.41) is 1.75. The molecule has 2 aromatic carbocycles. The molecule has 2 saturated heterocycles. The zero-order valence-electron chi connectivity index (χ0n) is 12.3. The van der Waals surface area contributed by atoms with Crippen molar-refractivity contribution in [2.24, 2.45) is 0 Å². The molecule has 0 saturated carbocycles. The monoisotopic (exact) mass is 295 g/mol. The van der Waals surface area contributed by atoms with Gasteiger partial charge in [0.05, 0.1) is 6.54 Å². The minimum Gasteiger partial charge on any atom is -0.352 e. The standard InChI is InChI=1S/C17H17N3O2/c1-13-7-9-14(10-8-13)18-11-16-19(12-18)22-17(21)20(16)15-5-3-2-4-6-15/h2-10,16H,11-12H2,1H3. The van der Waals surface area contributed by atoms with Crippen molar-refractivity contribution in [3.05, 3.63) is 60.2 Å². The lowest BCUT2D eigenvalue weighted by atomic mass is 10.2. The van der Waals surface area contributed by atoms with E-state index < -0.39 is 0 Å². The van der Waals surface area contributed by atoms with E-state index in [1.807, 2.05) is 30.3 Å². The molecule has 0 aliphatic carbocycles. The number of hydroxylamine groups is 2.